The fourth-order valence-corrected chi connectivity index (χ4v) is 3.72. The predicted molar refractivity (Wildman–Crippen MR) is 91.0 cm³/mol. The van der Waals surface area contributed by atoms with Gasteiger partial charge in [-0.05, 0) is 26.7 Å². The summed E-state index contributed by atoms with van der Waals surface area (Å²) in [5, 5.41) is 3.95. The van der Waals surface area contributed by atoms with Crippen molar-refractivity contribution in [1.82, 2.24) is 15.2 Å². The minimum Gasteiger partial charge on any atom is -0.450 e. The molecule has 0 spiro atoms. The molecule has 1 aliphatic rings. The molecule has 1 fully saturated rings. The van der Waals surface area contributed by atoms with Crippen molar-refractivity contribution in [3.05, 3.63) is 15.6 Å². The molecule has 2 rings (SSSR count). The van der Waals surface area contributed by atoms with Gasteiger partial charge in [0.1, 0.15) is 5.01 Å². The van der Waals surface area contributed by atoms with Gasteiger partial charge in [0.25, 0.3) is 0 Å². The third kappa shape index (κ3) is 5.17. The third-order valence-electron chi connectivity index (χ3n) is 3.91. The lowest BCUT2D eigenvalue weighted by atomic mass is 10.1. The molecule has 2 heterocycles. The largest absolute Gasteiger partial charge is 0.450 e. The number of nitrogens with zero attached hydrogens (tertiary/aromatic N) is 2. The maximum atomic E-state index is 12.2. The van der Waals surface area contributed by atoms with Crippen LogP contribution in [0.5, 0.6) is 0 Å². The molecule has 134 valence electrons. The fourth-order valence-electron chi connectivity index (χ4n) is 2.68. The number of nitrogens with one attached hydrogen (secondary N) is 1. The smallest absolute Gasteiger partial charge is 0.409 e. The summed E-state index contributed by atoms with van der Waals surface area (Å²) in [6.07, 6.45) is 1.57. The highest BCUT2D eigenvalue weighted by Gasteiger charge is 2.24. The fraction of sp³-hybridized carbons (Fsp3) is 0.688. The molecule has 7 nitrogen and oxygen atoms in total. The van der Waals surface area contributed by atoms with Crippen LogP contribution in [-0.2, 0) is 27.3 Å². The maximum absolute atomic E-state index is 12.2. The minimum atomic E-state index is -0.270. The van der Waals surface area contributed by atoms with E-state index in [0.717, 1.165) is 28.4 Å². The molecule has 0 saturated carbocycles. The topological polar surface area (TPSA) is 80.8 Å². The number of hydrogen-bond donors (Lipinski definition) is 1. The van der Waals surface area contributed by atoms with Crippen molar-refractivity contribution in [1.29, 1.82) is 0 Å². The first-order chi connectivity index (χ1) is 11.5. The molecule has 0 radical (unpaired) electrons. The zero-order chi connectivity index (χ0) is 17.5. The summed E-state index contributed by atoms with van der Waals surface area (Å²) in [6.45, 7) is 5.79. The molecular weight excluding hydrogens is 330 g/mol. The van der Waals surface area contributed by atoms with Crippen LogP contribution in [0.3, 0.4) is 0 Å². The van der Waals surface area contributed by atoms with Gasteiger partial charge in [0.05, 0.1) is 25.3 Å². The molecule has 1 aromatic rings. The second-order valence-corrected chi connectivity index (χ2v) is 6.92. The van der Waals surface area contributed by atoms with Gasteiger partial charge in [-0.25, -0.2) is 9.78 Å². The number of carbonyl (C=O) groups is 2. The Bertz CT molecular complexity index is 568. The summed E-state index contributed by atoms with van der Waals surface area (Å²) in [6, 6.07) is 0.106. The van der Waals surface area contributed by atoms with Crippen molar-refractivity contribution < 1.29 is 19.1 Å². The van der Waals surface area contributed by atoms with E-state index in [1.165, 1.54) is 11.3 Å². The molecule has 1 N–H and O–H groups in total. The third-order valence-corrected chi connectivity index (χ3v) is 5.04. The SMILES string of the molecule is CCOC(=O)N1CCC(NC(=O)Cc2sc(COC)nc2C)CC1. The normalized spacial score (nSPS) is 15.4. The molecule has 0 bridgehead atoms. The highest BCUT2D eigenvalue weighted by Crippen LogP contribution is 2.19. The lowest BCUT2D eigenvalue weighted by Gasteiger charge is -2.31. The molecule has 0 aliphatic carbocycles. The first-order valence-electron chi connectivity index (χ1n) is 8.18. The van der Waals surface area contributed by atoms with Crippen molar-refractivity contribution >= 4 is 23.3 Å². The summed E-state index contributed by atoms with van der Waals surface area (Å²) >= 11 is 1.52. The molecule has 0 unspecified atom stereocenters. The molecule has 1 aliphatic heterocycles. The number of hydrogen-bond acceptors (Lipinski definition) is 6. The number of ether oxygens (including phenoxy) is 2. The Hall–Kier alpha value is -1.67. The van der Waals surface area contributed by atoms with E-state index in [1.54, 1.807) is 18.9 Å². The second-order valence-electron chi connectivity index (χ2n) is 5.75. The number of piperidine rings is 1. The summed E-state index contributed by atoms with van der Waals surface area (Å²) in [5.74, 6) is 0.000279. The number of amides is 2. The van der Waals surface area contributed by atoms with E-state index in [2.05, 4.69) is 10.3 Å². The van der Waals surface area contributed by atoms with Crippen LogP contribution in [0.1, 0.15) is 35.3 Å². The summed E-state index contributed by atoms with van der Waals surface area (Å²) < 4.78 is 10.1. The van der Waals surface area contributed by atoms with Gasteiger partial charge < -0.3 is 19.7 Å². The van der Waals surface area contributed by atoms with Crippen LogP contribution in [0.15, 0.2) is 0 Å². The van der Waals surface area contributed by atoms with Gasteiger partial charge in [-0.15, -0.1) is 11.3 Å². The first-order valence-corrected chi connectivity index (χ1v) is 9.00. The Morgan fingerprint density at radius 1 is 1.38 bits per heavy atom. The number of carbonyl (C=O) groups excluding carboxylic acids is 2. The molecule has 8 heteroatoms. The quantitative estimate of drug-likeness (QED) is 0.843. The lowest BCUT2D eigenvalue weighted by Crippen LogP contribution is -2.47. The Balaban J connectivity index is 1.78. The van der Waals surface area contributed by atoms with Crippen LogP contribution in [-0.4, -0.2) is 54.7 Å². The van der Waals surface area contributed by atoms with Crippen LogP contribution < -0.4 is 5.32 Å². The van der Waals surface area contributed by atoms with Gasteiger partial charge in [0, 0.05) is 31.1 Å². The summed E-state index contributed by atoms with van der Waals surface area (Å²) in [4.78, 5) is 31.0. The molecule has 1 saturated heterocycles. The van der Waals surface area contributed by atoms with E-state index >= 15 is 0 Å². The Morgan fingerprint density at radius 3 is 2.71 bits per heavy atom. The standard InChI is InChI=1S/C16H25N3O4S/c1-4-23-16(21)19-7-5-12(6-8-19)18-14(20)9-13-11(2)17-15(24-13)10-22-3/h12H,4-10H2,1-3H3,(H,18,20). The Morgan fingerprint density at radius 2 is 2.08 bits per heavy atom. The first kappa shape index (κ1) is 18.7. The number of thiazole rings is 1. The van der Waals surface area contributed by atoms with Crippen molar-refractivity contribution in [2.45, 2.75) is 45.8 Å². The summed E-state index contributed by atoms with van der Waals surface area (Å²) in [7, 11) is 1.63. The van der Waals surface area contributed by atoms with E-state index in [9.17, 15) is 9.59 Å². The molecule has 1 aromatic heterocycles. The van der Waals surface area contributed by atoms with Crippen molar-refractivity contribution in [2.75, 3.05) is 26.8 Å². The lowest BCUT2D eigenvalue weighted by molar-refractivity contribution is -0.121. The minimum absolute atomic E-state index is 0.000279. The molecular formula is C16H25N3O4S. The average Bonchev–Trinajstić information content (AvgIpc) is 2.88. The van der Waals surface area contributed by atoms with E-state index < -0.39 is 0 Å². The average molecular weight is 355 g/mol. The van der Waals surface area contributed by atoms with E-state index in [4.69, 9.17) is 9.47 Å². The summed E-state index contributed by atoms with van der Waals surface area (Å²) in [5.41, 5.74) is 0.888. The van der Waals surface area contributed by atoms with E-state index in [1.807, 2.05) is 6.92 Å². The van der Waals surface area contributed by atoms with Crippen LogP contribution in [0.2, 0.25) is 0 Å². The van der Waals surface area contributed by atoms with Crippen LogP contribution in [0, 0.1) is 6.92 Å². The van der Waals surface area contributed by atoms with Crippen LogP contribution in [0.4, 0.5) is 4.79 Å². The van der Waals surface area contributed by atoms with Gasteiger partial charge in [0.2, 0.25) is 5.91 Å². The van der Waals surface area contributed by atoms with E-state index in [-0.39, 0.29) is 18.0 Å². The van der Waals surface area contributed by atoms with Crippen molar-refractivity contribution in [3.8, 4) is 0 Å². The number of aryl methyl sites for hydroxylation is 1. The number of methoxy groups -OCH3 is 1. The highest BCUT2D eigenvalue weighted by molar-refractivity contribution is 7.11. The van der Waals surface area contributed by atoms with Gasteiger partial charge >= 0.3 is 6.09 Å². The van der Waals surface area contributed by atoms with Crippen LogP contribution >= 0.6 is 11.3 Å². The molecule has 0 atom stereocenters. The van der Waals surface area contributed by atoms with Gasteiger partial charge in [0.15, 0.2) is 0 Å². The molecule has 0 aromatic carbocycles. The number of rotatable bonds is 6. The highest BCUT2D eigenvalue weighted by atomic mass is 32.1. The Labute approximate surface area is 146 Å². The van der Waals surface area contributed by atoms with Crippen LogP contribution in [0.25, 0.3) is 0 Å². The zero-order valence-electron chi connectivity index (χ0n) is 14.5. The van der Waals surface area contributed by atoms with Crippen molar-refractivity contribution in [3.63, 3.8) is 0 Å². The maximum Gasteiger partial charge on any atom is 0.409 e. The zero-order valence-corrected chi connectivity index (χ0v) is 15.3. The molecule has 2 amide bonds. The number of likely N-dealkylation sites (tertiary alicyclic amines) is 1. The predicted octanol–water partition coefficient (Wildman–Crippen LogP) is 1.88. The van der Waals surface area contributed by atoms with Gasteiger partial charge in [-0.1, -0.05) is 0 Å². The van der Waals surface area contributed by atoms with Gasteiger partial charge in [-0.2, -0.15) is 0 Å². The Kier molecular flexibility index (Phi) is 6.99. The van der Waals surface area contributed by atoms with Gasteiger partial charge in [-0.3, -0.25) is 4.79 Å². The monoisotopic (exact) mass is 355 g/mol. The number of aromatic nitrogens is 1. The second kappa shape index (κ2) is 8.98. The van der Waals surface area contributed by atoms with Crippen molar-refractivity contribution in [2.24, 2.45) is 0 Å². The molecule has 24 heavy (non-hydrogen) atoms. The van der Waals surface area contributed by atoms with E-state index in [0.29, 0.717) is 32.7 Å².